The molecule has 0 unspecified atom stereocenters. The van der Waals surface area contributed by atoms with Gasteiger partial charge in [-0.3, -0.25) is 4.79 Å². The van der Waals surface area contributed by atoms with Gasteiger partial charge >= 0.3 is 6.18 Å². The van der Waals surface area contributed by atoms with Gasteiger partial charge < -0.3 is 9.88 Å². The molecule has 1 aromatic carbocycles. The molecule has 8 heteroatoms. The molecule has 0 bridgehead atoms. The summed E-state index contributed by atoms with van der Waals surface area (Å²) in [4.78, 5) is 16.0. The highest BCUT2D eigenvalue weighted by atomic mass is 32.2. The van der Waals surface area contributed by atoms with Crippen molar-refractivity contribution < 1.29 is 18.0 Å². The first kappa shape index (κ1) is 19.4. The van der Waals surface area contributed by atoms with Gasteiger partial charge in [-0.15, -0.1) is 0 Å². The summed E-state index contributed by atoms with van der Waals surface area (Å²) in [6, 6.07) is 8.75. The molecule has 136 valence electrons. The molecular weight excluding hydrogens is 351 g/mol. The van der Waals surface area contributed by atoms with Crippen LogP contribution in [0, 0.1) is 0 Å². The van der Waals surface area contributed by atoms with Gasteiger partial charge in [0.2, 0.25) is 5.91 Å². The minimum Gasteiger partial charge on any atom is -0.351 e. The Hall–Kier alpha value is -1.96. The summed E-state index contributed by atoms with van der Waals surface area (Å²) in [7, 11) is 0. The number of amides is 1. The topological polar surface area (TPSA) is 46.9 Å². The number of nitrogens with one attached hydrogen (secondary N) is 1. The molecule has 0 aliphatic rings. The molecule has 25 heavy (non-hydrogen) atoms. The summed E-state index contributed by atoms with van der Waals surface area (Å²) in [5, 5.41) is 2.94. The number of imidazole rings is 1. The van der Waals surface area contributed by atoms with Gasteiger partial charge in [0.05, 0.1) is 17.6 Å². The van der Waals surface area contributed by atoms with E-state index in [0.29, 0.717) is 11.3 Å². The first-order valence-corrected chi connectivity index (χ1v) is 8.65. The number of benzene rings is 1. The Labute approximate surface area is 148 Å². The van der Waals surface area contributed by atoms with E-state index in [1.807, 2.05) is 20.8 Å². The van der Waals surface area contributed by atoms with Crippen LogP contribution in [0.1, 0.15) is 20.8 Å². The van der Waals surface area contributed by atoms with Gasteiger partial charge in [-0.1, -0.05) is 42.1 Å². The lowest BCUT2D eigenvalue weighted by Crippen LogP contribution is -2.41. The molecule has 0 fully saturated rings. The van der Waals surface area contributed by atoms with Gasteiger partial charge in [0, 0.05) is 5.54 Å². The van der Waals surface area contributed by atoms with E-state index in [1.54, 1.807) is 30.3 Å². The lowest BCUT2D eigenvalue weighted by Gasteiger charge is -2.20. The maximum Gasteiger partial charge on any atom is 0.406 e. The summed E-state index contributed by atoms with van der Waals surface area (Å²) < 4.78 is 40.0. The Bertz CT molecular complexity index is 721. The zero-order valence-corrected chi connectivity index (χ0v) is 15.0. The number of hydrogen-bond donors (Lipinski definition) is 1. The molecule has 2 aromatic rings. The van der Waals surface area contributed by atoms with Crippen molar-refractivity contribution in [3.8, 4) is 11.3 Å². The van der Waals surface area contributed by atoms with Crippen LogP contribution in [0.4, 0.5) is 13.2 Å². The van der Waals surface area contributed by atoms with Crippen molar-refractivity contribution in [2.45, 2.75) is 44.2 Å². The summed E-state index contributed by atoms with van der Waals surface area (Å²) in [6.45, 7) is 4.37. The molecule has 0 atom stereocenters. The standard InChI is InChI=1S/C17H20F3N3OS/c1-16(2,3)22-14(24)10-25-15-21-9-13(12-7-5-4-6-8-12)23(15)11-17(18,19)20/h4-9H,10-11H2,1-3H3,(H,22,24). The van der Waals surface area contributed by atoms with Gasteiger partial charge in [-0.2, -0.15) is 13.2 Å². The van der Waals surface area contributed by atoms with E-state index in [0.717, 1.165) is 16.3 Å². The number of halogens is 3. The summed E-state index contributed by atoms with van der Waals surface area (Å²) in [5.41, 5.74) is 0.621. The lowest BCUT2D eigenvalue weighted by atomic mass is 10.1. The predicted octanol–water partition coefficient (Wildman–Crippen LogP) is 4.12. The molecule has 0 saturated heterocycles. The monoisotopic (exact) mass is 371 g/mol. The maximum absolute atomic E-state index is 13.0. The Morgan fingerprint density at radius 1 is 1.20 bits per heavy atom. The summed E-state index contributed by atoms with van der Waals surface area (Å²) in [6.07, 6.45) is -2.97. The van der Waals surface area contributed by atoms with Crippen molar-refractivity contribution in [3.05, 3.63) is 36.5 Å². The van der Waals surface area contributed by atoms with Crippen LogP contribution in [0.15, 0.2) is 41.7 Å². The Morgan fingerprint density at radius 2 is 1.84 bits per heavy atom. The molecule has 1 aromatic heterocycles. The first-order chi connectivity index (χ1) is 11.6. The average molecular weight is 371 g/mol. The van der Waals surface area contributed by atoms with Crippen molar-refractivity contribution in [3.63, 3.8) is 0 Å². The highest BCUT2D eigenvalue weighted by Gasteiger charge is 2.31. The third-order valence-corrected chi connectivity index (χ3v) is 4.06. The predicted molar refractivity (Wildman–Crippen MR) is 92.3 cm³/mol. The third-order valence-electron chi connectivity index (χ3n) is 3.07. The molecular formula is C17H20F3N3OS. The number of alkyl halides is 3. The number of carbonyl (C=O) groups excluding carboxylic acids is 1. The zero-order chi connectivity index (χ0) is 18.7. The van der Waals surface area contributed by atoms with Crippen LogP contribution in [-0.2, 0) is 11.3 Å². The summed E-state index contributed by atoms with van der Waals surface area (Å²) >= 11 is 0.992. The fourth-order valence-corrected chi connectivity index (χ4v) is 3.01. The number of nitrogens with zero attached hydrogens (tertiary/aromatic N) is 2. The van der Waals surface area contributed by atoms with Crippen molar-refractivity contribution in [2.24, 2.45) is 0 Å². The van der Waals surface area contributed by atoms with E-state index in [-0.39, 0.29) is 16.8 Å². The second-order valence-corrected chi connectivity index (χ2v) is 7.52. The Balaban J connectivity index is 2.23. The van der Waals surface area contributed by atoms with E-state index < -0.39 is 18.3 Å². The highest BCUT2D eigenvalue weighted by molar-refractivity contribution is 7.99. The first-order valence-electron chi connectivity index (χ1n) is 7.67. The van der Waals surface area contributed by atoms with Gasteiger partial charge in [0.15, 0.2) is 5.16 Å². The number of aromatic nitrogens is 2. The number of rotatable bonds is 5. The van der Waals surface area contributed by atoms with Crippen molar-refractivity contribution in [1.29, 1.82) is 0 Å². The van der Waals surface area contributed by atoms with Crippen LogP contribution >= 0.6 is 11.8 Å². The van der Waals surface area contributed by atoms with E-state index in [9.17, 15) is 18.0 Å². The Kier molecular flexibility index (Phi) is 5.82. The average Bonchev–Trinajstić information content (AvgIpc) is 2.85. The molecule has 0 aliphatic heterocycles. The van der Waals surface area contributed by atoms with Crippen molar-refractivity contribution in [1.82, 2.24) is 14.9 Å². The smallest absolute Gasteiger partial charge is 0.351 e. The van der Waals surface area contributed by atoms with Crippen LogP contribution in [0.3, 0.4) is 0 Å². The second-order valence-electron chi connectivity index (χ2n) is 6.58. The molecule has 1 heterocycles. The van der Waals surface area contributed by atoms with E-state index >= 15 is 0 Å². The highest BCUT2D eigenvalue weighted by Crippen LogP contribution is 2.29. The SMILES string of the molecule is CC(C)(C)NC(=O)CSc1ncc(-c2ccccc2)n1CC(F)(F)F. The normalized spacial score (nSPS) is 12.2. The zero-order valence-electron chi connectivity index (χ0n) is 14.2. The Morgan fingerprint density at radius 3 is 2.40 bits per heavy atom. The largest absolute Gasteiger partial charge is 0.406 e. The van der Waals surface area contributed by atoms with Gasteiger partial charge in [-0.05, 0) is 26.3 Å². The van der Waals surface area contributed by atoms with Crippen molar-refractivity contribution in [2.75, 3.05) is 5.75 Å². The van der Waals surface area contributed by atoms with E-state index in [4.69, 9.17) is 0 Å². The van der Waals surface area contributed by atoms with E-state index in [1.165, 1.54) is 6.20 Å². The molecule has 0 aliphatic carbocycles. The van der Waals surface area contributed by atoms with Gasteiger partial charge in [-0.25, -0.2) is 4.98 Å². The van der Waals surface area contributed by atoms with Crippen LogP contribution in [0.5, 0.6) is 0 Å². The fraction of sp³-hybridized carbons (Fsp3) is 0.412. The van der Waals surface area contributed by atoms with Crippen molar-refractivity contribution >= 4 is 17.7 Å². The van der Waals surface area contributed by atoms with Crippen LogP contribution in [0.2, 0.25) is 0 Å². The molecule has 1 N–H and O–H groups in total. The minimum atomic E-state index is -4.38. The number of hydrogen-bond acceptors (Lipinski definition) is 3. The molecule has 2 rings (SSSR count). The molecule has 1 amide bonds. The minimum absolute atomic E-state index is 0.000367. The fourth-order valence-electron chi connectivity index (χ4n) is 2.23. The third kappa shape index (κ3) is 6.12. The van der Waals surface area contributed by atoms with E-state index in [2.05, 4.69) is 10.3 Å². The van der Waals surface area contributed by atoms with Crippen LogP contribution in [-0.4, -0.2) is 32.9 Å². The molecule has 0 spiro atoms. The van der Waals surface area contributed by atoms with Gasteiger partial charge in [0.1, 0.15) is 6.54 Å². The van der Waals surface area contributed by atoms with Crippen LogP contribution in [0.25, 0.3) is 11.3 Å². The van der Waals surface area contributed by atoms with Gasteiger partial charge in [0.25, 0.3) is 0 Å². The summed E-state index contributed by atoms with van der Waals surface area (Å²) in [5.74, 6) is -0.249. The number of thioether (sulfide) groups is 1. The second kappa shape index (κ2) is 7.51. The molecule has 0 saturated carbocycles. The molecule has 0 radical (unpaired) electrons. The van der Waals surface area contributed by atoms with Crippen LogP contribution < -0.4 is 5.32 Å². The lowest BCUT2D eigenvalue weighted by molar-refractivity contribution is -0.141. The quantitative estimate of drug-likeness (QED) is 0.805. The maximum atomic E-state index is 13.0. The number of carbonyl (C=O) groups is 1. The molecule has 4 nitrogen and oxygen atoms in total.